The molecule has 0 atom stereocenters. The molecule has 0 N–H and O–H groups in total. The third-order valence-corrected chi connectivity index (χ3v) is 7.55. The molecule has 3 aromatic rings. The molecule has 0 saturated carbocycles. The Labute approximate surface area is 182 Å². The molecule has 1 aliphatic carbocycles. The Balaban J connectivity index is 2.07. The molecule has 0 fully saturated rings. The van der Waals surface area contributed by atoms with Crippen LogP contribution in [0, 0.1) is 6.92 Å². The van der Waals surface area contributed by atoms with Gasteiger partial charge in [0.15, 0.2) is 0 Å². The van der Waals surface area contributed by atoms with Gasteiger partial charge in [-0.2, -0.15) is 0 Å². The molecule has 0 heterocycles. The highest BCUT2D eigenvalue weighted by atomic mass is 28.3. The topological polar surface area (TPSA) is 9.23 Å². The first kappa shape index (κ1) is 20.4. The molecule has 0 aliphatic heterocycles. The highest BCUT2D eigenvalue weighted by Gasteiger charge is 2.29. The first-order valence-electron chi connectivity index (χ1n) is 10.6. The lowest BCUT2D eigenvalue weighted by molar-refractivity contribution is 0.408. The van der Waals surface area contributed by atoms with Crippen molar-refractivity contribution in [2.24, 2.45) is 0 Å². The van der Waals surface area contributed by atoms with Crippen molar-refractivity contribution in [2.75, 3.05) is 7.11 Å². The summed E-state index contributed by atoms with van der Waals surface area (Å²) in [6.45, 7) is 7.05. The SMILES string of the molecule is COc1c(C2=CC=CC2)cc(C)c([Si](C)C)c1C(c1ccccc1)c1ccccc1. The molecule has 1 aliphatic rings. The molecular formula is C28H29OSi. The summed E-state index contributed by atoms with van der Waals surface area (Å²) < 4.78 is 6.21. The first-order valence-corrected chi connectivity index (χ1v) is 13.1. The molecule has 4 rings (SSSR count). The molecule has 0 spiro atoms. The zero-order valence-electron chi connectivity index (χ0n) is 18.3. The Morgan fingerprint density at radius 3 is 1.97 bits per heavy atom. The third kappa shape index (κ3) is 3.80. The quantitative estimate of drug-likeness (QED) is 0.334. The van der Waals surface area contributed by atoms with Crippen LogP contribution in [0.3, 0.4) is 0 Å². The first-order chi connectivity index (χ1) is 14.6. The number of hydrogen-bond donors (Lipinski definition) is 0. The minimum absolute atomic E-state index is 0.144. The fourth-order valence-electron chi connectivity index (χ4n) is 4.69. The minimum Gasteiger partial charge on any atom is -0.496 e. The van der Waals surface area contributed by atoms with Gasteiger partial charge in [0.1, 0.15) is 5.75 Å². The molecule has 0 unspecified atom stereocenters. The van der Waals surface area contributed by atoms with Crippen molar-refractivity contribution < 1.29 is 4.74 Å². The predicted molar refractivity (Wildman–Crippen MR) is 130 cm³/mol. The summed E-state index contributed by atoms with van der Waals surface area (Å²) >= 11 is 0. The van der Waals surface area contributed by atoms with E-state index in [4.69, 9.17) is 4.74 Å². The normalized spacial score (nSPS) is 13.2. The second kappa shape index (κ2) is 8.89. The molecule has 0 saturated heterocycles. The van der Waals surface area contributed by atoms with E-state index in [9.17, 15) is 0 Å². The lowest BCUT2D eigenvalue weighted by Crippen LogP contribution is -2.32. The lowest BCUT2D eigenvalue weighted by atomic mass is 9.82. The van der Waals surface area contributed by atoms with Crippen LogP contribution in [0.2, 0.25) is 13.1 Å². The average Bonchev–Trinajstić information content (AvgIpc) is 3.30. The molecular weight excluding hydrogens is 380 g/mol. The van der Waals surface area contributed by atoms with Gasteiger partial charge in [-0.05, 0) is 36.1 Å². The highest BCUT2D eigenvalue weighted by Crippen LogP contribution is 2.42. The van der Waals surface area contributed by atoms with Crippen LogP contribution < -0.4 is 9.92 Å². The van der Waals surface area contributed by atoms with Gasteiger partial charge in [0.2, 0.25) is 0 Å². The number of allylic oxidation sites excluding steroid dienone is 4. The number of ether oxygens (including phenoxy) is 1. The zero-order valence-corrected chi connectivity index (χ0v) is 19.3. The number of hydrogen-bond acceptors (Lipinski definition) is 1. The summed E-state index contributed by atoms with van der Waals surface area (Å²) in [4.78, 5) is 0. The van der Waals surface area contributed by atoms with E-state index in [2.05, 4.69) is 105 Å². The fraction of sp³-hybridized carbons (Fsp3) is 0.214. The molecule has 1 nitrogen and oxygen atoms in total. The Bertz CT molecular complexity index is 1040. The van der Waals surface area contributed by atoms with Crippen molar-refractivity contribution >= 4 is 19.6 Å². The van der Waals surface area contributed by atoms with E-state index < -0.39 is 8.80 Å². The molecule has 1 radical (unpaired) electrons. The molecule has 2 heteroatoms. The van der Waals surface area contributed by atoms with Crippen LogP contribution >= 0.6 is 0 Å². The molecule has 0 amide bonds. The predicted octanol–water partition coefficient (Wildman–Crippen LogP) is 6.49. The zero-order chi connectivity index (χ0) is 21.1. The minimum atomic E-state index is -0.717. The van der Waals surface area contributed by atoms with Gasteiger partial charge in [-0.3, -0.25) is 0 Å². The maximum Gasteiger partial charge on any atom is 0.130 e. The maximum atomic E-state index is 6.21. The summed E-state index contributed by atoms with van der Waals surface area (Å²) in [5.74, 6) is 1.18. The summed E-state index contributed by atoms with van der Waals surface area (Å²) in [7, 11) is 1.11. The van der Waals surface area contributed by atoms with Crippen LogP contribution in [-0.4, -0.2) is 15.9 Å². The second-order valence-corrected chi connectivity index (χ2v) is 10.6. The smallest absolute Gasteiger partial charge is 0.130 e. The van der Waals surface area contributed by atoms with E-state index in [0.717, 1.165) is 12.2 Å². The number of benzene rings is 3. The molecule has 3 aromatic carbocycles. The maximum absolute atomic E-state index is 6.21. The third-order valence-electron chi connectivity index (χ3n) is 5.89. The summed E-state index contributed by atoms with van der Waals surface area (Å²) in [5, 5.41) is 1.49. The molecule has 30 heavy (non-hydrogen) atoms. The van der Waals surface area contributed by atoms with Gasteiger partial charge in [-0.1, -0.05) is 103 Å². The van der Waals surface area contributed by atoms with Gasteiger partial charge < -0.3 is 4.74 Å². The van der Waals surface area contributed by atoms with Gasteiger partial charge in [-0.15, -0.1) is 0 Å². The Morgan fingerprint density at radius 1 is 0.900 bits per heavy atom. The lowest BCUT2D eigenvalue weighted by Gasteiger charge is -2.29. The van der Waals surface area contributed by atoms with Gasteiger partial charge in [0.05, 0.1) is 15.9 Å². The van der Waals surface area contributed by atoms with Gasteiger partial charge in [-0.25, -0.2) is 0 Å². The van der Waals surface area contributed by atoms with E-state index in [1.807, 2.05) is 7.11 Å². The van der Waals surface area contributed by atoms with Crippen molar-refractivity contribution in [1.82, 2.24) is 0 Å². The second-order valence-electron chi connectivity index (χ2n) is 8.14. The summed E-state index contributed by atoms with van der Waals surface area (Å²) in [5.41, 5.74) is 7.91. The van der Waals surface area contributed by atoms with Crippen LogP contribution in [0.4, 0.5) is 0 Å². The van der Waals surface area contributed by atoms with Gasteiger partial charge >= 0.3 is 0 Å². The van der Waals surface area contributed by atoms with Crippen molar-refractivity contribution in [3.8, 4) is 5.75 Å². The number of methoxy groups -OCH3 is 1. The summed E-state index contributed by atoms with van der Waals surface area (Å²) in [6, 6.07) is 24.1. The van der Waals surface area contributed by atoms with Crippen LogP contribution in [0.25, 0.3) is 5.57 Å². The van der Waals surface area contributed by atoms with Crippen LogP contribution in [0.1, 0.15) is 40.2 Å². The summed E-state index contributed by atoms with van der Waals surface area (Å²) in [6.07, 6.45) is 7.56. The monoisotopic (exact) mass is 409 g/mol. The van der Waals surface area contributed by atoms with Crippen LogP contribution in [-0.2, 0) is 0 Å². The Morgan fingerprint density at radius 2 is 1.50 bits per heavy atom. The molecule has 0 aromatic heterocycles. The molecule has 0 bridgehead atoms. The highest BCUT2D eigenvalue weighted by molar-refractivity contribution is 6.71. The number of rotatable bonds is 6. The largest absolute Gasteiger partial charge is 0.496 e. The van der Waals surface area contributed by atoms with Crippen molar-refractivity contribution in [1.29, 1.82) is 0 Å². The van der Waals surface area contributed by atoms with E-state index in [1.165, 1.54) is 38.6 Å². The van der Waals surface area contributed by atoms with Gasteiger partial charge in [0.25, 0.3) is 0 Å². The van der Waals surface area contributed by atoms with E-state index in [0.29, 0.717) is 0 Å². The van der Waals surface area contributed by atoms with Crippen LogP contribution in [0.15, 0.2) is 85.0 Å². The van der Waals surface area contributed by atoms with Crippen molar-refractivity contribution in [3.05, 3.63) is 113 Å². The fourth-order valence-corrected chi connectivity index (χ4v) is 6.34. The van der Waals surface area contributed by atoms with E-state index >= 15 is 0 Å². The average molecular weight is 410 g/mol. The Hall–Kier alpha value is -2.84. The van der Waals surface area contributed by atoms with Crippen molar-refractivity contribution in [2.45, 2.75) is 32.4 Å². The standard InChI is InChI=1S/C28H29OSi/c1-20-19-24(21-13-11-12-14-21)27(29-2)26(28(20)30(3)4)25(22-15-7-5-8-16-22)23-17-9-6-10-18-23/h5-13,15-19,25H,14H2,1-4H3. The van der Waals surface area contributed by atoms with Gasteiger partial charge in [0, 0.05) is 17.0 Å². The van der Waals surface area contributed by atoms with Crippen LogP contribution in [0.5, 0.6) is 5.75 Å². The Kier molecular flexibility index (Phi) is 6.05. The van der Waals surface area contributed by atoms with Crippen molar-refractivity contribution in [3.63, 3.8) is 0 Å². The van der Waals surface area contributed by atoms with E-state index in [-0.39, 0.29) is 5.92 Å². The van der Waals surface area contributed by atoms with E-state index in [1.54, 1.807) is 0 Å². The number of aryl methyl sites for hydroxylation is 1. The molecule has 151 valence electrons.